The lowest BCUT2D eigenvalue weighted by Crippen LogP contribution is -2.35. The number of anilines is 2. The van der Waals surface area contributed by atoms with Gasteiger partial charge in [0, 0.05) is 36.7 Å². The molecule has 0 fully saturated rings. The first-order valence-electron chi connectivity index (χ1n) is 11.5. The number of benzene rings is 2. The number of rotatable bonds is 5. The summed E-state index contributed by atoms with van der Waals surface area (Å²) in [6, 6.07) is 13.8. The van der Waals surface area contributed by atoms with Gasteiger partial charge in [-0.05, 0) is 31.5 Å². The Kier molecular flexibility index (Phi) is 6.04. The topological polar surface area (TPSA) is 54.8 Å². The van der Waals surface area contributed by atoms with Gasteiger partial charge in [0.25, 0.3) is 11.5 Å². The van der Waals surface area contributed by atoms with Crippen molar-refractivity contribution in [3.8, 4) is 5.75 Å². The third kappa shape index (κ3) is 3.47. The summed E-state index contributed by atoms with van der Waals surface area (Å²) >= 11 is 3.02. The van der Waals surface area contributed by atoms with Gasteiger partial charge >= 0.3 is 0 Å². The number of carbonyl (C=O) groups is 1. The Balaban J connectivity index is 1.80. The van der Waals surface area contributed by atoms with Gasteiger partial charge in [0.2, 0.25) is 0 Å². The van der Waals surface area contributed by atoms with E-state index in [2.05, 4.69) is 11.8 Å². The molecule has 8 heteroatoms. The van der Waals surface area contributed by atoms with E-state index in [0.717, 1.165) is 50.1 Å². The first-order valence-corrected chi connectivity index (χ1v) is 13.1. The van der Waals surface area contributed by atoms with Crippen LogP contribution in [-0.2, 0) is 11.3 Å². The van der Waals surface area contributed by atoms with Gasteiger partial charge in [-0.3, -0.25) is 14.2 Å². The molecule has 3 aromatic rings. The molecule has 0 unspecified atom stereocenters. The number of hydrogen-bond acceptors (Lipinski definition) is 6. The van der Waals surface area contributed by atoms with Crippen LogP contribution in [0.2, 0.25) is 0 Å². The summed E-state index contributed by atoms with van der Waals surface area (Å²) in [6.07, 6.45) is 1.84. The quantitative estimate of drug-likeness (QED) is 0.544. The Labute approximate surface area is 206 Å². The van der Waals surface area contributed by atoms with Gasteiger partial charge < -0.3 is 14.5 Å². The van der Waals surface area contributed by atoms with Crippen molar-refractivity contribution in [2.24, 2.45) is 0 Å². The predicted molar refractivity (Wildman–Crippen MR) is 140 cm³/mol. The number of aromatic nitrogens is 1. The molecule has 34 heavy (non-hydrogen) atoms. The molecule has 2 aromatic carbocycles. The van der Waals surface area contributed by atoms with Gasteiger partial charge in [0.1, 0.15) is 20.0 Å². The van der Waals surface area contributed by atoms with Crippen LogP contribution in [0.1, 0.15) is 32.3 Å². The van der Waals surface area contributed by atoms with Gasteiger partial charge in [0.05, 0.1) is 24.1 Å². The highest BCUT2D eigenvalue weighted by Crippen LogP contribution is 2.46. The molecule has 3 heterocycles. The summed E-state index contributed by atoms with van der Waals surface area (Å²) in [4.78, 5) is 32.2. The number of thiazole rings is 1. The molecule has 0 saturated carbocycles. The number of thioether (sulfide) groups is 1. The Morgan fingerprint density at radius 3 is 2.56 bits per heavy atom. The van der Waals surface area contributed by atoms with Crippen molar-refractivity contribution in [3.63, 3.8) is 0 Å². The second-order valence-electron chi connectivity index (χ2n) is 8.29. The van der Waals surface area contributed by atoms with E-state index in [1.54, 1.807) is 23.8 Å². The molecule has 0 aliphatic carbocycles. The third-order valence-electron chi connectivity index (χ3n) is 6.30. The molecule has 0 bridgehead atoms. The minimum atomic E-state index is -0.0350. The van der Waals surface area contributed by atoms with E-state index in [-0.39, 0.29) is 11.5 Å². The third-order valence-corrected chi connectivity index (χ3v) is 8.86. The Morgan fingerprint density at radius 2 is 1.82 bits per heavy atom. The van der Waals surface area contributed by atoms with Crippen LogP contribution in [0.4, 0.5) is 11.4 Å². The number of carbonyl (C=O) groups excluding carboxylic acids is 1. The highest BCUT2D eigenvalue weighted by molar-refractivity contribution is 8.08. The van der Waals surface area contributed by atoms with Crippen molar-refractivity contribution in [1.29, 1.82) is 0 Å². The van der Waals surface area contributed by atoms with Crippen molar-refractivity contribution < 1.29 is 9.53 Å². The number of hydrogen-bond donors (Lipinski definition) is 0. The number of amides is 1. The lowest BCUT2D eigenvalue weighted by atomic mass is 10.1. The van der Waals surface area contributed by atoms with Gasteiger partial charge in [-0.25, -0.2) is 0 Å². The molecule has 0 spiro atoms. The van der Waals surface area contributed by atoms with E-state index < -0.39 is 0 Å². The molecule has 2 aliphatic heterocycles. The zero-order valence-corrected chi connectivity index (χ0v) is 21.4. The average molecular weight is 494 g/mol. The number of ether oxygens (including phenoxy) is 1. The van der Waals surface area contributed by atoms with Gasteiger partial charge in [-0.1, -0.05) is 43.3 Å². The van der Waals surface area contributed by atoms with E-state index in [0.29, 0.717) is 23.2 Å². The molecule has 1 aromatic heterocycles. The molecule has 6 nitrogen and oxygen atoms in total. The fourth-order valence-electron chi connectivity index (χ4n) is 4.50. The second-order valence-corrected chi connectivity index (χ2v) is 10.3. The summed E-state index contributed by atoms with van der Waals surface area (Å²) in [5.74, 6) is 0.746. The normalized spacial score (nSPS) is 17.9. The Morgan fingerprint density at radius 1 is 1.03 bits per heavy atom. The molecule has 0 radical (unpaired) electrons. The lowest BCUT2D eigenvalue weighted by Gasteiger charge is -2.13. The molecule has 1 amide bonds. The molecule has 5 rings (SSSR count). The van der Waals surface area contributed by atoms with Crippen molar-refractivity contribution in [2.75, 3.05) is 30.5 Å². The molecule has 0 saturated heterocycles. The Bertz CT molecular complexity index is 1470. The van der Waals surface area contributed by atoms with Crippen LogP contribution in [0.15, 0.2) is 52.2 Å². The van der Waals surface area contributed by atoms with Crippen molar-refractivity contribution >= 4 is 51.0 Å². The highest BCUT2D eigenvalue weighted by Gasteiger charge is 2.33. The van der Waals surface area contributed by atoms with Crippen LogP contribution < -0.4 is 29.3 Å². The summed E-state index contributed by atoms with van der Waals surface area (Å²) in [5, 5.41) is 0.890. The van der Waals surface area contributed by atoms with Crippen LogP contribution in [0, 0.1) is 0 Å². The minimum Gasteiger partial charge on any atom is -0.497 e. The van der Waals surface area contributed by atoms with E-state index in [1.807, 2.05) is 61.0 Å². The van der Waals surface area contributed by atoms with Crippen molar-refractivity contribution in [2.45, 2.75) is 38.1 Å². The minimum absolute atomic E-state index is 0.0321. The van der Waals surface area contributed by atoms with Gasteiger partial charge in [-0.2, -0.15) is 0 Å². The smallest absolute Gasteiger partial charge is 0.271 e. The molecule has 176 valence electrons. The monoisotopic (exact) mass is 493 g/mol. The second kappa shape index (κ2) is 9.00. The first kappa shape index (κ1) is 22.8. The molecule has 0 N–H and O–H groups in total. The maximum atomic E-state index is 13.8. The Hall–Kier alpha value is -2.97. The number of likely N-dealkylation sites (N-methyl/N-ethyl adjacent to an activating group) is 1. The van der Waals surface area contributed by atoms with Crippen LogP contribution >= 0.6 is 23.1 Å². The fourth-order valence-corrected chi connectivity index (χ4v) is 7.01. The molecule has 2 aliphatic rings. The first-order chi connectivity index (χ1) is 16.5. The number of fused-ring (bicyclic) bond motifs is 2. The average Bonchev–Trinajstić information content (AvgIpc) is 3.45. The van der Waals surface area contributed by atoms with Crippen LogP contribution in [0.5, 0.6) is 5.75 Å². The van der Waals surface area contributed by atoms with E-state index in [4.69, 9.17) is 4.74 Å². The zero-order chi connectivity index (χ0) is 24.0. The fraction of sp³-hybridized carbons (Fsp3) is 0.308. The highest BCUT2D eigenvalue weighted by atomic mass is 32.2. The van der Waals surface area contributed by atoms with Crippen LogP contribution in [0.3, 0.4) is 0 Å². The van der Waals surface area contributed by atoms with Crippen molar-refractivity contribution in [1.82, 2.24) is 4.57 Å². The standard InChI is InChI=1S/C26H27N3O3S2/c1-5-7-14-29-24(31)22(26-27(3)19-15-16(32-4)12-13-20(19)33-26)34-25(29)21-17-10-8-9-11-18(17)28(6-2)23(21)30/h8-13,15H,5-7,14H2,1-4H3/b25-21-,26-22-. The summed E-state index contributed by atoms with van der Waals surface area (Å²) < 4.78 is 8.63. The predicted octanol–water partition coefficient (Wildman–Crippen LogP) is 3.59. The summed E-state index contributed by atoms with van der Waals surface area (Å²) in [7, 11) is 3.63. The van der Waals surface area contributed by atoms with E-state index in [9.17, 15) is 9.59 Å². The van der Waals surface area contributed by atoms with Crippen LogP contribution in [0.25, 0.3) is 10.6 Å². The number of methoxy groups -OCH3 is 1. The molecular formula is C26H27N3O3S2. The number of unbranched alkanes of at least 4 members (excludes halogenated alkanes) is 1. The van der Waals surface area contributed by atoms with Crippen LogP contribution in [-0.4, -0.2) is 31.2 Å². The van der Waals surface area contributed by atoms with E-state index in [1.165, 1.54) is 11.3 Å². The summed E-state index contributed by atoms with van der Waals surface area (Å²) in [6.45, 7) is 5.27. The van der Waals surface area contributed by atoms with Gasteiger partial charge in [0.15, 0.2) is 0 Å². The number of para-hydroxylation sites is 1. The SMILES string of the molecule is CCCCn1c(=O)/c(=C2/Sc3ccc(OC)cc3N2C)s/c1=C1\C(=O)N(CC)c2ccccc21. The molecule has 0 atom stereocenters. The van der Waals surface area contributed by atoms with E-state index >= 15 is 0 Å². The maximum Gasteiger partial charge on any atom is 0.271 e. The molecular weight excluding hydrogens is 466 g/mol. The number of nitrogens with zero attached hydrogens (tertiary/aromatic N) is 3. The lowest BCUT2D eigenvalue weighted by molar-refractivity contribution is -0.113. The summed E-state index contributed by atoms with van der Waals surface area (Å²) in [5.41, 5.74) is 3.43. The van der Waals surface area contributed by atoms with Gasteiger partial charge in [-0.15, -0.1) is 11.3 Å². The van der Waals surface area contributed by atoms with Crippen molar-refractivity contribution in [3.05, 3.63) is 67.6 Å². The maximum absolute atomic E-state index is 13.8. The zero-order valence-electron chi connectivity index (χ0n) is 19.8. The largest absolute Gasteiger partial charge is 0.497 e.